The van der Waals surface area contributed by atoms with Crippen molar-refractivity contribution in [2.24, 2.45) is 17.8 Å². The molecule has 3 rings (SSSR count). The van der Waals surface area contributed by atoms with Gasteiger partial charge in [0.15, 0.2) is 0 Å². The first-order valence-corrected chi connectivity index (χ1v) is 8.69. The first-order chi connectivity index (χ1) is 11.0. The van der Waals surface area contributed by atoms with Crippen LogP contribution in [0, 0.1) is 17.8 Å². The van der Waals surface area contributed by atoms with Gasteiger partial charge in [-0.25, -0.2) is 0 Å². The standard InChI is InChI=1S/C19H26N2O2/c1-12(2)17-8-5-9-21(17)19(23)14-6-4-7-15(11-14)20-18(22)16-10-13(16)3/h4,6-7,11-13,16-17H,5,8-10H2,1-3H3,(H,20,22). The molecule has 4 nitrogen and oxygen atoms in total. The van der Waals surface area contributed by atoms with Crippen molar-refractivity contribution in [1.29, 1.82) is 0 Å². The number of likely N-dealkylation sites (tertiary alicyclic amines) is 1. The molecule has 0 radical (unpaired) electrons. The number of nitrogens with zero attached hydrogens (tertiary/aromatic N) is 1. The number of carbonyl (C=O) groups excluding carboxylic acids is 2. The lowest BCUT2D eigenvalue weighted by Crippen LogP contribution is -2.38. The molecule has 4 heteroatoms. The maximum Gasteiger partial charge on any atom is 0.254 e. The molecule has 1 N–H and O–H groups in total. The van der Waals surface area contributed by atoms with Crippen molar-refractivity contribution in [3.05, 3.63) is 29.8 Å². The van der Waals surface area contributed by atoms with Crippen molar-refractivity contribution >= 4 is 17.5 Å². The molecule has 23 heavy (non-hydrogen) atoms. The monoisotopic (exact) mass is 314 g/mol. The van der Waals surface area contributed by atoms with Crippen molar-refractivity contribution in [1.82, 2.24) is 4.90 Å². The fourth-order valence-corrected chi connectivity index (χ4v) is 3.56. The molecule has 3 unspecified atom stereocenters. The van der Waals surface area contributed by atoms with Crippen molar-refractivity contribution < 1.29 is 9.59 Å². The highest BCUT2D eigenvalue weighted by molar-refractivity contribution is 5.98. The van der Waals surface area contributed by atoms with Crippen LogP contribution in [-0.4, -0.2) is 29.3 Å². The Labute approximate surface area is 138 Å². The van der Waals surface area contributed by atoms with E-state index in [1.54, 1.807) is 0 Å². The van der Waals surface area contributed by atoms with Crippen LogP contribution in [0.5, 0.6) is 0 Å². The lowest BCUT2D eigenvalue weighted by Gasteiger charge is -2.28. The molecule has 2 aliphatic rings. The number of hydrogen-bond donors (Lipinski definition) is 1. The topological polar surface area (TPSA) is 49.4 Å². The Balaban J connectivity index is 1.71. The Kier molecular flexibility index (Phi) is 4.42. The van der Waals surface area contributed by atoms with E-state index >= 15 is 0 Å². The van der Waals surface area contributed by atoms with Gasteiger partial charge in [-0.2, -0.15) is 0 Å². The second-order valence-electron chi connectivity index (χ2n) is 7.34. The van der Waals surface area contributed by atoms with E-state index in [4.69, 9.17) is 0 Å². The van der Waals surface area contributed by atoms with Gasteiger partial charge in [0, 0.05) is 29.8 Å². The molecule has 1 aliphatic heterocycles. The molecule has 124 valence electrons. The Bertz CT molecular complexity index is 611. The third kappa shape index (κ3) is 3.41. The molecule has 2 amide bonds. The number of benzene rings is 1. The first-order valence-electron chi connectivity index (χ1n) is 8.69. The zero-order valence-electron chi connectivity index (χ0n) is 14.2. The molecule has 2 fully saturated rings. The minimum absolute atomic E-state index is 0.0725. The molecule has 0 aromatic heterocycles. The van der Waals surface area contributed by atoms with Crippen LogP contribution in [0.4, 0.5) is 5.69 Å². The number of carbonyl (C=O) groups is 2. The summed E-state index contributed by atoms with van der Waals surface area (Å²) in [5.74, 6) is 1.25. The predicted octanol–water partition coefficient (Wildman–Crippen LogP) is 3.54. The van der Waals surface area contributed by atoms with Crippen molar-refractivity contribution in [3.63, 3.8) is 0 Å². The maximum absolute atomic E-state index is 12.8. The normalized spacial score (nSPS) is 26.4. The molecule has 1 saturated heterocycles. The molecule has 1 aromatic carbocycles. The van der Waals surface area contributed by atoms with Crippen molar-refractivity contribution in [2.75, 3.05) is 11.9 Å². The van der Waals surface area contributed by atoms with Crippen molar-refractivity contribution in [3.8, 4) is 0 Å². The number of nitrogens with one attached hydrogen (secondary N) is 1. The zero-order valence-corrected chi connectivity index (χ0v) is 14.2. The molecule has 1 heterocycles. The summed E-state index contributed by atoms with van der Waals surface area (Å²) in [4.78, 5) is 26.9. The summed E-state index contributed by atoms with van der Waals surface area (Å²) in [6, 6.07) is 7.68. The van der Waals surface area contributed by atoms with Gasteiger partial charge in [-0.3, -0.25) is 9.59 Å². The van der Waals surface area contributed by atoms with Crippen LogP contribution in [0.1, 0.15) is 50.4 Å². The van der Waals surface area contributed by atoms with Crippen LogP contribution in [0.3, 0.4) is 0 Å². The second kappa shape index (κ2) is 6.34. The number of amides is 2. The smallest absolute Gasteiger partial charge is 0.254 e. The summed E-state index contributed by atoms with van der Waals surface area (Å²) < 4.78 is 0. The third-order valence-electron chi connectivity index (χ3n) is 5.15. The van der Waals surface area contributed by atoms with Crippen LogP contribution in [0.2, 0.25) is 0 Å². The fraction of sp³-hybridized carbons (Fsp3) is 0.579. The summed E-state index contributed by atoms with van der Waals surface area (Å²) >= 11 is 0. The maximum atomic E-state index is 12.8. The van der Waals surface area contributed by atoms with Gasteiger partial charge in [0.25, 0.3) is 5.91 Å². The summed E-state index contributed by atoms with van der Waals surface area (Å²) in [6.45, 7) is 7.26. The van der Waals surface area contributed by atoms with E-state index in [-0.39, 0.29) is 17.7 Å². The summed E-state index contributed by atoms with van der Waals surface area (Å²) in [5.41, 5.74) is 1.39. The zero-order chi connectivity index (χ0) is 16.6. The first kappa shape index (κ1) is 16.0. The third-order valence-corrected chi connectivity index (χ3v) is 5.15. The molecule has 3 atom stereocenters. The van der Waals surface area contributed by atoms with Gasteiger partial charge >= 0.3 is 0 Å². The highest BCUT2D eigenvalue weighted by atomic mass is 16.2. The van der Waals surface area contributed by atoms with Gasteiger partial charge in [0.05, 0.1) is 0 Å². The van der Waals surface area contributed by atoms with E-state index in [0.29, 0.717) is 23.4 Å². The van der Waals surface area contributed by atoms with E-state index in [2.05, 4.69) is 26.1 Å². The predicted molar refractivity (Wildman–Crippen MR) is 91.2 cm³/mol. The highest BCUT2D eigenvalue weighted by Crippen LogP contribution is 2.38. The minimum atomic E-state index is 0.0725. The van der Waals surface area contributed by atoms with Gasteiger partial charge in [-0.05, 0) is 49.3 Å². The Morgan fingerprint density at radius 2 is 2.04 bits per heavy atom. The van der Waals surface area contributed by atoms with Gasteiger partial charge in [-0.15, -0.1) is 0 Å². The number of rotatable bonds is 4. The molecular weight excluding hydrogens is 288 g/mol. The molecule has 0 bridgehead atoms. The average Bonchev–Trinajstić information content (AvgIpc) is 3.06. The van der Waals surface area contributed by atoms with Gasteiger partial charge in [0.1, 0.15) is 0 Å². The molecule has 1 aromatic rings. The summed E-state index contributed by atoms with van der Waals surface area (Å²) in [5, 5.41) is 2.94. The Morgan fingerprint density at radius 3 is 2.70 bits per heavy atom. The van der Waals surface area contributed by atoms with Crippen LogP contribution < -0.4 is 5.32 Å². The summed E-state index contributed by atoms with van der Waals surface area (Å²) in [6.07, 6.45) is 3.12. The Morgan fingerprint density at radius 1 is 1.30 bits per heavy atom. The molecule has 1 saturated carbocycles. The van der Waals surface area contributed by atoms with Gasteiger partial charge < -0.3 is 10.2 Å². The summed E-state index contributed by atoms with van der Waals surface area (Å²) in [7, 11) is 0. The van der Waals surface area contributed by atoms with Gasteiger partial charge in [-0.1, -0.05) is 26.8 Å². The minimum Gasteiger partial charge on any atom is -0.335 e. The SMILES string of the molecule is CC(C)C1CCCN1C(=O)c1cccc(NC(=O)C2CC2C)c1. The quantitative estimate of drug-likeness (QED) is 0.924. The molecule has 0 spiro atoms. The van der Waals surface area contributed by atoms with E-state index in [1.807, 2.05) is 29.2 Å². The van der Waals surface area contributed by atoms with E-state index < -0.39 is 0 Å². The lowest BCUT2D eigenvalue weighted by molar-refractivity contribution is -0.117. The van der Waals surface area contributed by atoms with Crippen molar-refractivity contribution in [2.45, 2.75) is 46.1 Å². The van der Waals surface area contributed by atoms with Crippen LogP contribution in [0.25, 0.3) is 0 Å². The van der Waals surface area contributed by atoms with Crippen LogP contribution in [0.15, 0.2) is 24.3 Å². The second-order valence-corrected chi connectivity index (χ2v) is 7.34. The van der Waals surface area contributed by atoms with E-state index in [9.17, 15) is 9.59 Å². The highest BCUT2D eigenvalue weighted by Gasteiger charge is 2.39. The molecular formula is C19H26N2O2. The van der Waals surface area contributed by atoms with E-state index in [0.717, 1.165) is 31.5 Å². The number of anilines is 1. The largest absolute Gasteiger partial charge is 0.335 e. The average molecular weight is 314 g/mol. The lowest BCUT2D eigenvalue weighted by atomic mass is 10.0. The molecule has 1 aliphatic carbocycles. The fourth-order valence-electron chi connectivity index (χ4n) is 3.56. The van der Waals surface area contributed by atoms with Gasteiger partial charge in [0.2, 0.25) is 5.91 Å². The Hall–Kier alpha value is -1.84. The number of hydrogen-bond acceptors (Lipinski definition) is 2. The van der Waals surface area contributed by atoms with Crippen LogP contribution in [-0.2, 0) is 4.79 Å². The van der Waals surface area contributed by atoms with E-state index in [1.165, 1.54) is 0 Å². The van der Waals surface area contributed by atoms with Crippen LogP contribution >= 0.6 is 0 Å².